The fraction of sp³-hybridized carbons (Fsp3) is 0.200. The van der Waals surface area contributed by atoms with Crippen LogP contribution in [0.25, 0.3) is 0 Å². The van der Waals surface area contributed by atoms with Gasteiger partial charge in [0, 0.05) is 10.6 Å². The van der Waals surface area contributed by atoms with Crippen molar-refractivity contribution in [2.75, 3.05) is 14.2 Å². The molecule has 0 aromatic heterocycles. The standard InChI is InChI=1S/C15H12Cl2F2O2/c1-20-8-3-4-14(21-2)10(5-8)15(17)9-6-12(18)13(19)7-11(9)16/h3-7,15H,1-2H3. The molecule has 0 saturated carbocycles. The highest BCUT2D eigenvalue weighted by Gasteiger charge is 2.21. The van der Waals surface area contributed by atoms with Gasteiger partial charge in [-0.15, -0.1) is 11.6 Å². The van der Waals surface area contributed by atoms with Crippen LogP contribution in [0, 0.1) is 11.6 Å². The van der Waals surface area contributed by atoms with Crippen molar-refractivity contribution in [3.63, 3.8) is 0 Å². The zero-order chi connectivity index (χ0) is 15.6. The van der Waals surface area contributed by atoms with E-state index in [1.807, 2.05) is 0 Å². The second-order valence-electron chi connectivity index (χ2n) is 4.26. The number of halogens is 4. The quantitative estimate of drug-likeness (QED) is 0.581. The van der Waals surface area contributed by atoms with Crippen molar-refractivity contribution in [3.8, 4) is 11.5 Å². The van der Waals surface area contributed by atoms with Gasteiger partial charge in [0.05, 0.1) is 19.6 Å². The molecule has 1 unspecified atom stereocenters. The minimum absolute atomic E-state index is 0.0405. The lowest BCUT2D eigenvalue weighted by Gasteiger charge is -2.17. The maximum Gasteiger partial charge on any atom is 0.160 e. The van der Waals surface area contributed by atoms with Crippen LogP contribution in [0.5, 0.6) is 11.5 Å². The van der Waals surface area contributed by atoms with E-state index in [0.717, 1.165) is 12.1 Å². The van der Waals surface area contributed by atoms with E-state index in [9.17, 15) is 8.78 Å². The average Bonchev–Trinajstić information content (AvgIpc) is 2.49. The first-order valence-corrected chi connectivity index (χ1v) is 6.79. The zero-order valence-electron chi connectivity index (χ0n) is 11.3. The number of hydrogen-bond acceptors (Lipinski definition) is 2. The summed E-state index contributed by atoms with van der Waals surface area (Å²) in [6, 6.07) is 6.92. The first kappa shape index (κ1) is 15.9. The first-order chi connectivity index (χ1) is 9.97. The van der Waals surface area contributed by atoms with Gasteiger partial charge in [0.25, 0.3) is 0 Å². The van der Waals surface area contributed by atoms with Crippen LogP contribution in [-0.2, 0) is 0 Å². The monoisotopic (exact) mass is 332 g/mol. The highest BCUT2D eigenvalue weighted by molar-refractivity contribution is 6.33. The van der Waals surface area contributed by atoms with E-state index in [-0.39, 0.29) is 10.6 Å². The van der Waals surface area contributed by atoms with E-state index in [2.05, 4.69) is 0 Å². The molecule has 112 valence electrons. The van der Waals surface area contributed by atoms with Gasteiger partial charge in [-0.05, 0) is 35.9 Å². The lowest BCUT2D eigenvalue weighted by molar-refractivity contribution is 0.399. The van der Waals surface area contributed by atoms with E-state index in [1.54, 1.807) is 18.2 Å². The molecule has 2 aromatic rings. The Balaban J connectivity index is 2.53. The Morgan fingerprint density at radius 3 is 2.24 bits per heavy atom. The molecule has 2 rings (SSSR count). The Bertz CT molecular complexity index is 662. The molecule has 0 amide bonds. The summed E-state index contributed by atoms with van der Waals surface area (Å²) in [6.07, 6.45) is 0. The summed E-state index contributed by atoms with van der Waals surface area (Å²) in [6.45, 7) is 0. The Hall–Kier alpha value is -1.52. The molecule has 2 nitrogen and oxygen atoms in total. The van der Waals surface area contributed by atoms with Crippen LogP contribution in [0.3, 0.4) is 0 Å². The molecule has 0 bridgehead atoms. The largest absolute Gasteiger partial charge is 0.497 e. The lowest BCUT2D eigenvalue weighted by Crippen LogP contribution is -2.01. The number of rotatable bonds is 4. The second-order valence-corrected chi connectivity index (χ2v) is 5.10. The number of alkyl halides is 1. The van der Waals surface area contributed by atoms with Gasteiger partial charge >= 0.3 is 0 Å². The molecule has 0 heterocycles. The highest BCUT2D eigenvalue weighted by Crippen LogP contribution is 2.40. The van der Waals surface area contributed by atoms with Crippen LogP contribution in [0.4, 0.5) is 8.78 Å². The van der Waals surface area contributed by atoms with Crippen LogP contribution in [0.2, 0.25) is 5.02 Å². The van der Waals surface area contributed by atoms with Crippen molar-refractivity contribution in [2.45, 2.75) is 5.38 Å². The zero-order valence-corrected chi connectivity index (χ0v) is 12.8. The summed E-state index contributed by atoms with van der Waals surface area (Å²) in [7, 11) is 3.00. The van der Waals surface area contributed by atoms with Gasteiger partial charge in [-0.3, -0.25) is 0 Å². The molecule has 0 aliphatic heterocycles. The Kier molecular flexibility index (Phi) is 4.91. The van der Waals surface area contributed by atoms with Gasteiger partial charge in [0.1, 0.15) is 11.5 Å². The molecule has 21 heavy (non-hydrogen) atoms. The van der Waals surface area contributed by atoms with Crippen molar-refractivity contribution in [1.82, 2.24) is 0 Å². The fourth-order valence-electron chi connectivity index (χ4n) is 1.94. The number of ether oxygens (including phenoxy) is 2. The Morgan fingerprint density at radius 2 is 1.62 bits per heavy atom. The van der Waals surface area contributed by atoms with Crippen LogP contribution in [-0.4, -0.2) is 14.2 Å². The number of methoxy groups -OCH3 is 2. The Morgan fingerprint density at radius 1 is 0.952 bits per heavy atom. The smallest absolute Gasteiger partial charge is 0.160 e. The molecule has 0 radical (unpaired) electrons. The van der Waals surface area contributed by atoms with E-state index in [1.165, 1.54) is 14.2 Å². The lowest BCUT2D eigenvalue weighted by atomic mass is 10.0. The molecule has 0 aliphatic rings. The van der Waals surface area contributed by atoms with Gasteiger partial charge < -0.3 is 9.47 Å². The minimum Gasteiger partial charge on any atom is -0.497 e. The van der Waals surface area contributed by atoms with Crippen molar-refractivity contribution in [1.29, 1.82) is 0 Å². The normalized spacial score (nSPS) is 12.1. The van der Waals surface area contributed by atoms with E-state index in [4.69, 9.17) is 32.7 Å². The molecule has 0 aliphatic carbocycles. The topological polar surface area (TPSA) is 18.5 Å². The van der Waals surface area contributed by atoms with E-state index < -0.39 is 17.0 Å². The van der Waals surface area contributed by atoms with Crippen LogP contribution < -0.4 is 9.47 Å². The van der Waals surface area contributed by atoms with Crippen molar-refractivity contribution in [3.05, 3.63) is 58.1 Å². The van der Waals surface area contributed by atoms with Crippen molar-refractivity contribution < 1.29 is 18.3 Å². The third-order valence-electron chi connectivity index (χ3n) is 3.02. The maximum absolute atomic E-state index is 13.4. The summed E-state index contributed by atoms with van der Waals surface area (Å²) >= 11 is 12.3. The Labute approximate surface area is 131 Å². The van der Waals surface area contributed by atoms with E-state index in [0.29, 0.717) is 17.1 Å². The van der Waals surface area contributed by atoms with Crippen LogP contribution in [0.1, 0.15) is 16.5 Å². The SMILES string of the molecule is COc1ccc(OC)c(C(Cl)c2cc(F)c(F)cc2Cl)c1. The van der Waals surface area contributed by atoms with Gasteiger partial charge in [-0.25, -0.2) is 8.78 Å². The van der Waals surface area contributed by atoms with Gasteiger partial charge in [0.2, 0.25) is 0 Å². The molecule has 6 heteroatoms. The average molecular weight is 333 g/mol. The molecule has 0 saturated heterocycles. The first-order valence-electron chi connectivity index (χ1n) is 5.98. The van der Waals surface area contributed by atoms with E-state index >= 15 is 0 Å². The van der Waals surface area contributed by atoms with Crippen molar-refractivity contribution in [2.24, 2.45) is 0 Å². The molecule has 2 aromatic carbocycles. The molecule has 0 N–H and O–H groups in total. The predicted molar refractivity (Wildman–Crippen MR) is 78.6 cm³/mol. The summed E-state index contributed by atoms with van der Waals surface area (Å²) in [5.41, 5.74) is 0.801. The molecular formula is C15H12Cl2F2O2. The van der Waals surface area contributed by atoms with Crippen molar-refractivity contribution >= 4 is 23.2 Å². The van der Waals surface area contributed by atoms with Crippen LogP contribution in [0.15, 0.2) is 30.3 Å². The van der Waals surface area contributed by atoms with Gasteiger partial charge in [-0.2, -0.15) is 0 Å². The highest BCUT2D eigenvalue weighted by atomic mass is 35.5. The van der Waals surface area contributed by atoms with Gasteiger partial charge in [0.15, 0.2) is 11.6 Å². The number of hydrogen-bond donors (Lipinski definition) is 0. The summed E-state index contributed by atoms with van der Waals surface area (Å²) < 4.78 is 36.9. The molecule has 0 fully saturated rings. The summed E-state index contributed by atoms with van der Waals surface area (Å²) in [4.78, 5) is 0. The van der Waals surface area contributed by atoms with Crippen LogP contribution >= 0.6 is 23.2 Å². The third kappa shape index (κ3) is 3.22. The summed E-state index contributed by atoms with van der Waals surface area (Å²) in [5.74, 6) is -0.973. The second kappa shape index (κ2) is 6.50. The minimum atomic E-state index is -1.02. The maximum atomic E-state index is 13.4. The summed E-state index contributed by atoms with van der Waals surface area (Å²) in [5, 5.41) is -0.767. The number of benzene rings is 2. The fourth-order valence-corrected chi connectivity index (χ4v) is 2.60. The molecule has 0 spiro atoms. The predicted octanol–water partition coefficient (Wildman–Crippen LogP) is 4.96. The molecule has 1 atom stereocenters. The van der Waals surface area contributed by atoms with Gasteiger partial charge in [-0.1, -0.05) is 11.6 Å². The third-order valence-corrected chi connectivity index (χ3v) is 3.82. The molecular weight excluding hydrogens is 321 g/mol.